The molecular formula is C13H17N3O5S. The number of cyclic esters (lactones) is 1. The van der Waals surface area contributed by atoms with Gasteiger partial charge < -0.3 is 15.0 Å². The van der Waals surface area contributed by atoms with Gasteiger partial charge in [0.25, 0.3) is 0 Å². The number of anilines is 1. The number of hydrogen-bond acceptors (Lipinski definition) is 5. The minimum atomic E-state index is -3.66. The molecule has 1 aliphatic heterocycles. The number of nitrogens with zero attached hydrogens (tertiary/aromatic N) is 1. The molecule has 0 saturated carbocycles. The molecule has 2 N–H and O–H groups in total. The Balaban J connectivity index is 1.92. The van der Waals surface area contributed by atoms with Crippen molar-refractivity contribution in [1.29, 1.82) is 0 Å². The molecule has 0 unspecified atom stereocenters. The van der Waals surface area contributed by atoms with Gasteiger partial charge in [-0.2, -0.15) is 0 Å². The molecule has 120 valence electrons. The monoisotopic (exact) mass is 327 g/mol. The molecule has 2 rings (SSSR count). The lowest BCUT2D eigenvalue weighted by Crippen LogP contribution is -2.35. The Hall–Kier alpha value is -2.13. The van der Waals surface area contributed by atoms with Crippen molar-refractivity contribution in [3.63, 3.8) is 0 Å². The number of ether oxygens (including phenoxy) is 1. The highest BCUT2D eigenvalue weighted by Crippen LogP contribution is 2.14. The second-order valence-corrected chi connectivity index (χ2v) is 6.47. The molecule has 1 saturated heterocycles. The fraction of sp³-hybridized carbons (Fsp3) is 0.385. The molecule has 1 fully saturated rings. The molecule has 22 heavy (non-hydrogen) atoms. The van der Waals surface area contributed by atoms with Crippen LogP contribution in [0.1, 0.15) is 6.92 Å². The van der Waals surface area contributed by atoms with Gasteiger partial charge in [0.15, 0.2) is 0 Å². The largest absolute Gasteiger partial charge is 0.448 e. The van der Waals surface area contributed by atoms with Crippen molar-refractivity contribution in [2.45, 2.75) is 11.8 Å². The normalized spacial score (nSPS) is 14.8. The van der Waals surface area contributed by atoms with Gasteiger partial charge in [-0.3, -0.25) is 4.79 Å². The van der Waals surface area contributed by atoms with Gasteiger partial charge in [-0.25, -0.2) is 17.9 Å². The summed E-state index contributed by atoms with van der Waals surface area (Å²) in [7, 11) is -3.66. The lowest BCUT2D eigenvalue weighted by Gasteiger charge is -2.13. The summed E-state index contributed by atoms with van der Waals surface area (Å²) >= 11 is 0. The number of rotatable bonds is 6. The van der Waals surface area contributed by atoms with E-state index in [0.29, 0.717) is 18.8 Å². The standard InChI is InChI=1S/C13H17N3O5S/c1-10(17)15-11-2-4-12(5-3-11)22(19,20)14-6-7-16-8-9-21-13(16)18/h2-5,14H,6-9H2,1H3,(H,15,17). The summed E-state index contributed by atoms with van der Waals surface area (Å²) in [6.07, 6.45) is -0.432. The number of sulfonamides is 1. The summed E-state index contributed by atoms with van der Waals surface area (Å²) in [5.41, 5.74) is 0.520. The fourth-order valence-corrected chi connectivity index (χ4v) is 2.97. The molecule has 1 aromatic carbocycles. The zero-order valence-electron chi connectivity index (χ0n) is 12.0. The van der Waals surface area contributed by atoms with Crippen molar-refractivity contribution in [2.24, 2.45) is 0 Å². The van der Waals surface area contributed by atoms with Crippen molar-refractivity contribution in [3.05, 3.63) is 24.3 Å². The van der Waals surface area contributed by atoms with Gasteiger partial charge in [-0.1, -0.05) is 0 Å². The Bertz CT molecular complexity index is 657. The third-order valence-electron chi connectivity index (χ3n) is 3.00. The van der Waals surface area contributed by atoms with E-state index in [1.807, 2.05) is 0 Å². The van der Waals surface area contributed by atoms with E-state index in [1.165, 1.54) is 36.1 Å². The third-order valence-corrected chi connectivity index (χ3v) is 4.48. The average Bonchev–Trinajstić information content (AvgIpc) is 2.84. The predicted octanol–water partition coefficient (Wildman–Crippen LogP) is 0.375. The molecule has 9 heteroatoms. The van der Waals surface area contributed by atoms with Crippen LogP contribution in [0.3, 0.4) is 0 Å². The van der Waals surface area contributed by atoms with Crippen molar-refractivity contribution >= 4 is 27.7 Å². The number of carbonyl (C=O) groups excluding carboxylic acids is 2. The van der Waals surface area contributed by atoms with Crippen LogP contribution in [0.2, 0.25) is 0 Å². The molecule has 0 radical (unpaired) electrons. The summed E-state index contributed by atoms with van der Waals surface area (Å²) in [5.74, 6) is -0.230. The second-order valence-electron chi connectivity index (χ2n) is 4.70. The van der Waals surface area contributed by atoms with Gasteiger partial charge in [0.05, 0.1) is 11.4 Å². The quantitative estimate of drug-likeness (QED) is 0.786. The molecule has 1 heterocycles. The minimum Gasteiger partial charge on any atom is -0.448 e. The maximum Gasteiger partial charge on any atom is 0.409 e. The maximum absolute atomic E-state index is 12.1. The van der Waals surface area contributed by atoms with Crippen LogP contribution in [0.5, 0.6) is 0 Å². The zero-order valence-corrected chi connectivity index (χ0v) is 12.9. The summed E-state index contributed by atoms with van der Waals surface area (Å²) in [4.78, 5) is 23.6. The van der Waals surface area contributed by atoms with Gasteiger partial charge in [0, 0.05) is 25.7 Å². The first-order chi connectivity index (χ1) is 10.4. The molecule has 0 aromatic heterocycles. The lowest BCUT2D eigenvalue weighted by atomic mass is 10.3. The first kappa shape index (κ1) is 16.2. The van der Waals surface area contributed by atoms with Gasteiger partial charge >= 0.3 is 6.09 Å². The molecule has 2 amide bonds. The van der Waals surface area contributed by atoms with E-state index in [-0.39, 0.29) is 23.9 Å². The number of carbonyl (C=O) groups is 2. The Morgan fingerprint density at radius 2 is 2.00 bits per heavy atom. The fourth-order valence-electron chi connectivity index (χ4n) is 1.95. The summed E-state index contributed by atoms with van der Waals surface area (Å²) in [5, 5.41) is 2.56. The Morgan fingerprint density at radius 1 is 1.32 bits per heavy atom. The Morgan fingerprint density at radius 3 is 2.55 bits per heavy atom. The molecule has 0 spiro atoms. The molecule has 0 bridgehead atoms. The Kier molecular flexibility index (Phi) is 4.99. The SMILES string of the molecule is CC(=O)Nc1ccc(S(=O)(=O)NCCN2CCOC2=O)cc1. The average molecular weight is 327 g/mol. The van der Waals surface area contributed by atoms with Gasteiger partial charge in [0.1, 0.15) is 6.61 Å². The van der Waals surface area contributed by atoms with Crippen LogP contribution in [0.25, 0.3) is 0 Å². The maximum atomic E-state index is 12.1. The highest BCUT2D eigenvalue weighted by Gasteiger charge is 2.22. The van der Waals surface area contributed by atoms with Crippen molar-refractivity contribution < 1.29 is 22.7 Å². The van der Waals surface area contributed by atoms with Crippen LogP contribution >= 0.6 is 0 Å². The second kappa shape index (κ2) is 6.75. The Labute approximate surface area is 128 Å². The topological polar surface area (TPSA) is 105 Å². The van der Waals surface area contributed by atoms with Crippen LogP contribution in [0, 0.1) is 0 Å². The summed E-state index contributed by atoms with van der Waals surface area (Å²) in [6, 6.07) is 5.82. The lowest BCUT2D eigenvalue weighted by molar-refractivity contribution is -0.114. The first-order valence-corrected chi connectivity index (χ1v) is 8.16. The van der Waals surface area contributed by atoms with E-state index in [0.717, 1.165) is 0 Å². The number of benzene rings is 1. The van der Waals surface area contributed by atoms with E-state index in [2.05, 4.69) is 10.0 Å². The van der Waals surface area contributed by atoms with Crippen LogP contribution in [0.4, 0.5) is 10.5 Å². The summed E-state index contributed by atoms with van der Waals surface area (Å²) in [6.45, 7) is 2.52. The van der Waals surface area contributed by atoms with Crippen molar-refractivity contribution in [2.75, 3.05) is 31.6 Å². The molecule has 1 aliphatic rings. The zero-order chi connectivity index (χ0) is 16.2. The molecule has 8 nitrogen and oxygen atoms in total. The van der Waals surface area contributed by atoms with E-state index in [1.54, 1.807) is 0 Å². The predicted molar refractivity (Wildman–Crippen MR) is 78.9 cm³/mol. The van der Waals surface area contributed by atoms with Gasteiger partial charge in [0.2, 0.25) is 15.9 Å². The third kappa shape index (κ3) is 4.18. The smallest absolute Gasteiger partial charge is 0.409 e. The van der Waals surface area contributed by atoms with Crippen molar-refractivity contribution in [3.8, 4) is 0 Å². The number of nitrogens with one attached hydrogen (secondary N) is 2. The first-order valence-electron chi connectivity index (χ1n) is 6.67. The highest BCUT2D eigenvalue weighted by atomic mass is 32.2. The highest BCUT2D eigenvalue weighted by molar-refractivity contribution is 7.89. The van der Waals surface area contributed by atoms with E-state index >= 15 is 0 Å². The molecular weight excluding hydrogens is 310 g/mol. The van der Waals surface area contributed by atoms with Gasteiger partial charge in [-0.15, -0.1) is 0 Å². The van der Waals surface area contributed by atoms with Crippen LogP contribution in [-0.4, -0.2) is 51.6 Å². The molecule has 0 atom stereocenters. The van der Waals surface area contributed by atoms with Gasteiger partial charge in [-0.05, 0) is 24.3 Å². The molecule has 1 aromatic rings. The van der Waals surface area contributed by atoms with E-state index in [9.17, 15) is 18.0 Å². The number of amides is 2. The van der Waals surface area contributed by atoms with Crippen LogP contribution < -0.4 is 10.0 Å². The number of hydrogen-bond donors (Lipinski definition) is 2. The van der Waals surface area contributed by atoms with Crippen molar-refractivity contribution in [1.82, 2.24) is 9.62 Å². The summed E-state index contributed by atoms with van der Waals surface area (Å²) < 4.78 is 31.3. The van der Waals surface area contributed by atoms with Crippen LogP contribution in [-0.2, 0) is 19.6 Å². The molecule has 0 aliphatic carbocycles. The minimum absolute atomic E-state index is 0.0885. The van der Waals surface area contributed by atoms with Crippen LogP contribution in [0.15, 0.2) is 29.2 Å². The van der Waals surface area contributed by atoms with E-state index in [4.69, 9.17) is 4.74 Å². The van der Waals surface area contributed by atoms with E-state index < -0.39 is 16.1 Å².